The smallest absolute Gasteiger partial charge is 0.212 e. The fraction of sp³-hybridized carbons (Fsp3) is 0.176. The Morgan fingerprint density at radius 1 is 1.21 bits per heavy atom. The fourth-order valence-corrected chi connectivity index (χ4v) is 3.36. The molecule has 7 heteroatoms. The molecule has 0 saturated carbocycles. The molecule has 0 bridgehead atoms. The highest BCUT2D eigenvalue weighted by molar-refractivity contribution is 8.00. The number of benzene rings is 2. The Morgan fingerprint density at radius 2 is 2.04 bits per heavy atom. The molecule has 1 N–H and O–H groups in total. The minimum atomic E-state index is -0.245. The molecule has 0 aliphatic carbocycles. The first-order chi connectivity index (χ1) is 11.7. The zero-order valence-corrected chi connectivity index (χ0v) is 14.9. The number of hydrogen-bond acceptors (Lipinski definition) is 6. The summed E-state index contributed by atoms with van der Waals surface area (Å²) < 4.78 is 26.4. The van der Waals surface area contributed by atoms with Crippen molar-refractivity contribution in [2.24, 2.45) is 0 Å². The van der Waals surface area contributed by atoms with Crippen LogP contribution in [0, 0.1) is 12.7 Å². The molecular weight excluding hydrogens is 345 g/mol. The lowest BCUT2D eigenvalue weighted by Gasteiger charge is -2.13. The third kappa shape index (κ3) is 4.04. The molecule has 0 atom stereocenters. The van der Waals surface area contributed by atoms with Crippen LogP contribution in [0.4, 0.5) is 9.52 Å². The molecule has 24 heavy (non-hydrogen) atoms. The summed E-state index contributed by atoms with van der Waals surface area (Å²) >= 11 is 2.78. The normalized spacial score (nSPS) is 10.6. The number of aromatic nitrogens is 2. The molecule has 3 aromatic rings. The van der Waals surface area contributed by atoms with E-state index in [1.165, 1.54) is 41.9 Å². The van der Waals surface area contributed by atoms with Crippen molar-refractivity contribution in [3.63, 3.8) is 0 Å². The molecule has 0 spiro atoms. The Hall–Kier alpha value is -2.12. The molecule has 0 radical (unpaired) electrons. The second-order valence-corrected chi connectivity index (χ2v) is 6.75. The van der Waals surface area contributed by atoms with Gasteiger partial charge in [-0.05, 0) is 72.8 Å². The standard InChI is InChI=1S/C17H16FN3OS2/c1-3-12-9-13(18)4-6-16(12)22-15-7-5-14(8-11(15)2)23-21-17-19-10-20-24-17/h4-10H,3H2,1-2H3,(H,19,20,21). The fourth-order valence-electron chi connectivity index (χ4n) is 2.16. The van der Waals surface area contributed by atoms with Crippen LogP contribution in [-0.4, -0.2) is 9.36 Å². The van der Waals surface area contributed by atoms with Crippen LogP contribution in [0.3, 0.4) is 0 Å². The lowest BCUT2D eigenvalue weighted by Crippen LogP contribution is -1.94. The molecule has 4 nitrogen and oxygen atoms in total. The molecule has 3 rings (SSSR count). The van der Waals surface area contributed by atoms with Crippen LogP contribution in [0.2, 0.25) is 0 Å². The predicted molar refractivity (Wildman–Crippen MR) is 96.4 cm³/mol. The van der Waals surface area contributed by atoms with Crippen molar-refractivity contribution in [3.8, 4) is 11.5 Å². The summed E-state index contributed by atoms with van der Waals surface area (Å²) in [6.45, 7) is 3.97. The van der Waals surface area contributed by atoms with Gasteiger partial charge in [0.1, 0.15) is 23.6 Å². The van der Waals surface area contributed by atoms with Gasteiger partial charge in [-0.1, -0.05) is 6.92 Å². The van der Waals surface area contributed by atoms with Gasteiger partial charge in [-0.2, -0.15) is 4.37 Å². The first kappa shape index (κ1) is 16.7. The van der Waals surface area contributed by atoms with E-state index in [1.807, 2.05) is 32.0 Å². The number of anilines is 1. The molecule has 0 aliphatic rings. The largest absolute Gasteiger partial charge is 0.457 e. The van der Waals surface area contributed by atoms with E-state index in [0.717, 1.165) is 26.9 Å². The van der Waals surface area contributed by atoms with Gasteiger partial charge in [-0.25, -0.2) is 9.37 Å². The van der Waals surface area contributed by atoms with Crippen LogP contribution in [0.25, 0.3) is 0 Å². The van der Waals surface area contributed by atoms with Crippen LogP contribution in [0.1, 0.15) is 18.1 Å². The minimum absolute atomic E-state index is 0.245. The highest BCUT2D eigenvalue weighted by Gasteiger charge is 2.08. The van der Waals surface area contributed by atoms with Gasteiger partial charge in [-0.3, -0.25) is 0 Å². The van der Waals surface area contributed by atoms with Gasteiger partial charge in [0.05, 0.1) is 0 Å². The Kier molecular flexibility index (Phi) is 5.32. The number of hydrogen-bond donors (Lipinski definition) is 1. The second kappa shape index (κ2) is 7.63. The van der Waals surface area contributed by atoms with Crippen molar-refractivity contribution in [3.05, 3.63) is 59.7 Å². The predicted octanol–water partition coefficient (Wildman–Crippen LogP) is 5.46. The number of rotatable bonds is 6. The summed E-state index contributed by atoms with van der Waals surface area (Å²) in [5.74, 6) is 1.20. The van der Waals surface area contributed by atoms with Gasteiger partial charge in [-0.15, -0.1) is 0 Å². The molecular formula is C17H16FN3OS2. The molecule has 1 aromatic heterocycles. The highest BCUT2D eigenvalue weighted by atomic mass is 32.2. The SMILES string of the molecule is CCc1cc(F)ccc1Oc1ccc(SNc2ncns2)cc1C. The number of halogens is 1. The Labute approximate surface area is 148 Å². The van der Waals surface area contributed by atoms with E-state index in [9.17, 15) is 4.39 Å². The van der Waals surface area contributed by atoms with E-state index in [0.29, 0.717) is 12.2 Å². The lowest BCUT2D eigenvalue weighted by atomic mass is 10.1. The third-order valence-electron chi connectivity index (χ3n) is 3.39. The van der Waals surface area contributed by atoms with Crippen LogP contribution in [-0.2, 0) is 6.42 Å². The van der Waals surface area contributed by atoms with Crippen molar-refractivity contribution in [2.75, 3.05) is 4.72 Å². The van der Waals surface area contributed by atoms with Crippen molar-refractivity contribution in [2.45, 2.75) is 25.2 Å². The zero-order chi connectivity index (χ0) is 16.9. The summed E-state index contributed by atoms with van der Waals surface area (Å²) in [7, 11) is 0. The molecule has 0 aliphatic heterocycles. The molecule has 0 unspecified atom stereocenters. The Balaban J connectivity index is 1.73. The van der Waals surface area contributed by atoms with Gasteiger partial charge in [0.25, 0.3) is 0 Å². The minimum Gasteiger partial charge on any atom is -0.457 e. The van der Waals surface area contributed by atoms with Crippen molar-refractivity contribution in [1.29, 1.82) is 0 Å². The van der Waals surface area contributed by atoms with Gasteiger partial charge in [0.2, 0.25) is 5.13 Å². The van der Waals surface area contributed by atoms with Gasteiger partial charge < -0.3 is 9.46 Å². The summed E-state index contributed by atoms with van der Waals surface area (Å²) in [6, 6.07) is 10.5. The lowest BCUT2D eigenvalue weighted by molar-refractivity contribution is 0.470. The van der Waals surface area contributed by atoms with Gasteiger partial charge in [0, 0.05) is 16.4 Å². The van der Waals surface area contributed by atoms with Crippen LogP contribution in [0.15, 0.2) is 47.6 Å². The topological polar surface area (TPSA) is 47.0 Å². The van der Waals surface area contributed by atoms with E-state index in [-0.39, 0.29) is 5.82 Å². The number of nitrogens with one attached hydrogen (secondary N) is 1. The molecule has 0 amide bonds. The number of aryl methyl sites for hydroxylation is 2. The van der Waals surface area contributed by atoms with Crippen LogP contribution < -0.4 is 9.46 Å². The molecule has 0 fully saturated rings. The second-order valence-electron chi connectivity index (χ2n) is 5.09. The number of ether oxygens (including phenoxy) is 1. The Morgan fingerprint density at radius 3 is 2.75 bits per heavy atom. The molecule has 1 heterocycles. The van der Waals surface area contributed by atoms with Crippen molar-refractivity contribution >= 4 is 28.6 Å². The average Bonchev–Trinajstić information content (AvgIpc) is 3.10. The van der Waals surface area contributed by atoms with Crippen LogP contribution in [0.5, 0.6) is 11.5 Å². The summed E-state index contributed by atoms with van der Waals surface area (Å²) in [6.07, 6.45) is 2.23. The summed E-state index contributed by atoms with van der Waals surface area (Å²) in [5, 5.41) is 0.761. The van der Waals surface area contributed by atoms with E-state index in [2.05, 4.69) is 14.1 Å². The summed E-state index contributed by atoms with van der Waals surface area (Å²) in [4.78, 5) is 5.12. The summed E-state index contributed by atoms with van der Waals surface area (Å²) in [5.41, 5.74) is 1.86. The van der Waals surface area contributed by atoms with E-state index >= 15 is 0 Å². The zero-order valence-electron chi connectivity index (χ0n) is 13.2. The Bertz CT molecular complexity index is 825. The van der Waals surface area contributed by atoms with E-state index in [1.54, 1.807) is 6.07 Å². The molecule has 124 valence electrons. The van der Waals surface area contributed by atoms with Crippen molar-refractivity contribution < 1.29 is 9.13 Å². The maximum Gasteiger partial charge on any atom is 0.212 e. The maximum atomic E-state index is 13.3. The van der Waals surface area contributed by atoms with Gasteiger partial charge >= 0.3 is 0 Å². The first-order valence-electron chi connectivity index (χ1n) is 7.42. The van der Waals surface area contributed by atoms with Gasteiger partial charge in [0.15, 0.2) is 0 Å². The highest BCUT2D eigenvalue weighted by Crippen LogP contribution is 2.31. The van der Waals surface area contributed by atoms with E-state index < -0.39 is 0 Å². The van der Waals surface area contributed by atoms with Crippen LogP contribution >= 0.6 is 23.5 Å². The maximum absolute atomic E-state index is 13.3. The quantitative estimate of drug-likeness (QED) is 0.591. The van der Waals surface area contributed by atoms with Crippen molar-refractivity contribution in [1.82, 2.24) is 9.36 Å². The first-order valence-corrected chi connectivity index (χ1v) is 9.01. The monoisotopic (exact) mass is 361 g/mol. The number of nitrogens with zero attached hydrogens (tertiary/aromatic N) is 2. The van der Waals surface area contributed by atoms with E-state index in [4.69, 9.17) is 4.74 Å². The third-order valence-corrected chi connectivity index (χ3v) is 4.88. The molecule has 2 aromatic carbocycles. The average molecular weight is 361 g/mol. The molecule has 0 saturated heterocycles.